The van der Waals surface area contributed by atoms with Gasteiger partial charge in [0.1, 0.15) is 0 Å². The highest BCUT2D eigenvalue weighted by Crippen LogP contribution is 2.16. The van der Waals surface area contributed by atoms with Crippen molar-refractivity contribution in [2.45, 2.75) is 52.0 Å². The maximum atomic E-state index is 12.1. The molecule has 0 aromatic carbocycles. The molecule has 18 heavy (non-hydrogen) atoms. The summed E-state index contributed by atoms with van der Waals surface area (Å²) in [5.41, 5.74) is -0.328. The molecule has 1 amide bonds. The van der Waals surface area contributed by atoms with E-state index in [1.165, 1.54) is 6.42 Å². The summed E-state index contributed by atoms with van der Waals surface area (Å²) in [6, 6.07) is 0. The van der Waals surface area contributed by atoms with E-state index in [1.807, 2.05) is 11.8 Å². The van der Waals surface area contributed by atoms with Crippen LogP contribution < -0.4 is 5.32 Å². The standard InChI is InChI=1S/C14H28N2O2/c1-4-7-14(3,11-17)15-9-13(18)16-8-5-6-12(2)10-16/h12,15,17H,4-11H2,1-3H3/t12-,14-/m0/s1. The van der Waals surface area contributed by atoms with Crippen LogP contribution in [0, 0.1) is 5.92 Å². The van der Waals surface area contributed by atoms with Crippen molar-refractivity contribution < 1.29 is 9.90 Å². The third kappa shape index (κ3) is 4.58. The van der Waals surface area contributed by atoms with E-state index < -0.39 is 0 Å². The second-order valence-corrected chi connectivity index (χ2v) is 5.91. The van der Waals surface area contributed by atoms with Crippen molar-refractivity contribution in [1.82, 2.24) is 10.2 Å². The van der Waals surface area contributed by atoms with Crippen LogP contribution in [-0.2, 0) is 4.79 Å². The van der Waals surface area contributed by atoms with E-state index in [-0.39, 0.29) is 18.1 Å². The Bertz CT molecular complexity index is 271. The van der Waals surface area contributed by atoms with Crippen LogP contribution in [0.25, 0.3) is 0 Å². The number of aliphatic hydroxyl groups is 1. The van der Waals surface area contributed by atoms with E-state index in [0.29, 0.717) is 12.5 Å². The summed E-state index contributed by atoms with van der Waals surface area (Å²) >= 11 is 0. The Hall–Kier alpha value is -0.610. The van der Waals surface area contributed by atoms with Crippen molar-refractivity contribution in [3.8, 4) is 0 Å². The zero-order valence-electron chi connectivity index (χ0n) is 12.0. The maximum absolute atomic E-state index is 12.1. The number of amides is 1. The second kappa shape index (κ2) is 7.10. The highest BCUT2D eigenvalue weighted by molar-refractivity contribution is 5.78. The fraction of sp³-hybridized carbons (Fsp3) is 0.929. The molecule has 0 aromatic rings. The minimum atomic E-state index is -0.328. The number of carbonyl (C=O) groups is 1. The van der Waals surface area contributed by atoms with Crippen LogP contribution in [0.1, 0.15) is 46.5 Å². The third-order valence-corrected chi connectivity index (χ3v) is 3.83. The minimum Gasteiger partial charge on any atom is -0.394 e. The number of nitrogens with zero attached hydrogens (tertiary/aromatic N) is 1. The van der Waals surface area contributed by atoms with Crippen molar-refractivity contribution in [1.29, 1.82) is 0 Å². The van der Waals surface area contributed by atoms with Gasteiger partial charge in [0.2, 0.25) is 5.91 Å². The summed E-state index contributed by atoms with van der Waals surface area (Å²) in [5, 5.41) is 12.6. The minimum absolute atomic E-state index is 0.0739. The average Bonchev–Trinajstić information content (AvgIpc) is 2.36. The van der Waals surface area contributed by atoms with E-state index in [4.69, 9.17) is 0 Å². The lowest BCUT2D eigenvalue weighted by Gasteiger charge is -2.33. The van der Waals surface area contributed by atoms with Crippen LogP contribution in [-0.4, -0.2) is 47.7 Å². The van der Waals surface area contributed by atoms with E-state index in [0.717, 1.165) is 32.4 Å². The van der Waals surface area contributed by atoms with E-state index in [9.17, 15) is 9.90 Å². The van der Waals surface area contributed by atoms with Crippen LogP contribution in [0.15, 0.2) is 0 Å². The first kappa shape index (κ1) is 15.4. The molecule has 1 aliphatic rings. The van der Waals surface area contributed by atoms with Gasteiger partial charge in [-0.25, -0.2) is 0 Å². The molecule has 0 aliphatic carbocycles. The highest BCUT2D eigenvalue weighted by atomic mass is 16.3. The zero-order valence-corrected chi connectivity index (χ0v) is 12.0. The van der Waals surface area contributed by atoms with Gasteiger partial charge in [-0.2, -0.15) is 0 Å². The van der Waals surface area contributed by atoms with Gasteiger partial charge in [-0.05, 0) is 32.1 Å². The molecule has 0 unspecified atom stereocenters. The molecule has 0 aromatic heterocycles. The van der Waals surface area contributed by atoms with Gasteiger partial charge in [-0.3, -0.25) is 4.79 Å². The van der Waals surface area contributed by atoms with Crippen LogP contribution in [0.4, 0.5) is 0 Å². The molecule has 4 nitrogen and oxygen atoms in total. The molecule has 106 valence electrons. The normalized spacial score (nSPS) is 23.8. The van der Waals surface area contributed by atoms with Crippen molar-refractivity contribution in [3.05, 3.63) is 0 Å². The number of piperidine rings is 1. The first-order valence-electron chi connectivity index (χ1n) is 7.14. The Morgan fingerprint density at radius 2 is 2.28 bits per heavy atom. The van der Waals surface area contributed by atoms with Gasteiger partial charge in [-0.15, -0.1) is 0 Å². The first-order chi connectivity index (χ1) is 8.50. The molecule has 1 rings (SSSR count). The smallest absolute Gasteiger partial charge is 0.236 e. The van der Waals surface area contributed by atoms with Crippen molar-refractivity contribution in [2.24, 2.45) is 5.92 Å². The SMILES string of the molecule is CCC[C@@](C)(CO)NCC(=O)N1CCC[C@H](C)C1. The van der Waals surface area contributed by atoms with E-state index >= 15 is 0 Å². The molecule has 0 bridgehead atoms. The highest BCUT2D eigenvalue weighted by Gasteiger charge is 2.25. The van der Waals surface area contributed by atoms with Crippen LogP contribution >= 0.6 is 0 Å². The molecule has 2 atom stereocenters. The Labute approximate surface area is 111 Å². The lowest BCUT2D eigenvalue weighted by atomic mass is 9.97. The first-order valence-corrected chi connectivity index (χ1v) is 7.14. The van der Waals surface area contributed by atoms with Crippen LogP contribution in [0.2, 0.25) is 0 Å². The predicted octanol–water partition coefficient (Wildman–Crippen LogP) is 1.39. The summed E-state index contributed by atoms with van der Waals surface area (Å²) in [4.78, 5) is 14.0. The molecular formula is C14H28N2O2. The third-order valence-electron chi connectivity index (χ3n) is 3.83. The van der Waals surface area contributed by atoms with Crippen molar-refractivity contribution in [3.63, 3.8) is 0 Å². The van der Waals surface area contributed by atoms with Gasteiger partial charge in [-0.1, -0.05) is 20.3 Å². The summed E-state index contributed by atoms with van der Waals surface area (Å²) in [7, 11) is 0. The van der Waals surface area contributed by atoms with Crippen LogP contribution in [0.5, 0.6) is 0 Å². The monoisotopic (exact) mass is 256 g/mol. The molecule has 2 N–H and O–H groups in total. The maximum Gasteiger partial charge on any atom is 0.236 e. The Kier molecular flexibility index (Phi) is 6.09. The number of hydrogen-bond donors (Lipinski definition) is 2. The van der Waals surface area contributed by atoms with Gasteiger partial charge in [0.25, 0.3) is 0 Å². The summed E-state index contributed by atoms with van der Waals surface area (Å²) in [6.07, 6.45) is 4.21. The molecule has 1 saturated heterocycles. The molecule has 0 saturated carbocycles. The van der Waals surface area contributed by atoms with Gasteiger partial charge < -0.3 is 15.3 Å². The van der Waals surface area contributed by atoms with Crippen molar-refractivity contribution in [2.75, 3.05) is 26.2 Å². The number of hydrogen-bond acceptors (Lipinski definition) is 3. The molecule has 1 fully saturated rings. The largest absolute Gasteiger partial charge is 0.394 e. The second-order valence-electron chi connectivity index (χ2n) is 5.91. The predicted molar refractivity (Wildman–Crippen MR) is 73.4 cm³/mol. The van der Waals surface area contributed by atoms with Crippen LogP contribution in [0.3, 0.4) is 0 Å². The number of aliphatic hydroxyl groups excluding tert-OH is 1. The van der Waals surface area contributed by atoms with Gasteiger partial charge in [0.15, 0.2) is 0 Å². The fourth-order valence-corrected chi connectivity index (χ4v) is 2.59. The van der Waals surface area contributed by atoms with E-state index in [2.05, 4.69) is 19.2 Å². The topological polar surface area (TPSA) is 52.6 Å². The molecule has 1 heterocycles. The Morgan fingerprint density at radius 3 is 2.83 bits per heavy atom. The Morgan fingerprint density at radius 1 is 1.56 bits per heavy atom. The lowest BCUT2D eigenvalue weighted by Crippen LogP contribution is -2.51. The summed E-state index contributed by atoms with van der Waals surface area (Å²) in [6.45, 7) is 8.43. The summed E-state index contributed by atoms with van der Waals surface area (Å²) in [5.74, 6) is 0.778. The zero-order chi connectivity index (χ0) is 13.6. The molecular weight excluding hydrogens is 228 g/mol. The molecule has 1 aliphatic heterocycles. The van der Waals surface area contributed by atoms with Gasteiger partial charge in [0.05, 0.1) is 13.2 Å². The molecule has 0 spiro atoms. The van der Waals surface area contributed by atoms with Gasteiger partial charge >= 0.3 is 0 Å². The van der Waals surface area contributed by atoms with E-state index in [1.54, 1.807) is 0 Å². The molecule has 0 radical (unpaired) electrons. The quantitative estimate of drug-likeness (QED) is 0.755. The number of rotatable bonds is 6. The summed E-state index contributed by atoms with van der Waals surface area (Å²) < 4.78 is 0. The number of nitrogens with one attached hydrogen (secondary N) is 1. The van der Waals surface area contributed by atoms with Crippen molar-refractivity contribution >= 4 is 5.91 Å². The molecule has 4 heteroatoms. The fourth-order valence-electron chi connectivity index (χ4n) is 2.59. The lowest BCUT2D eigenvalue weighted by molar-refractivity contribution is -0.132. The average molecular weight is 256 g/mol. The Balaban J connectivity index is 2.39. The number of likely N-dealkylation sites (tertiary alicyclic amines) is 1. The number of carbonyl (C=O) groups excluding carboxylic acids is 1. The van der Waals surface area contributed by atoms with Gasteiger partial charge in [0, 0.05) is 18.6 Å².